The van der Waals surface area contributed by atoms with Crippen molar-refractivity contribution in [2.75, 3.05) is 24.7 Å². The SMILES string of the molecule is CC(CO)CNC1CCCSC1. The van der Waals surface area contributed by atoms with Crippen molar-refractivity contribution < 1.29 is 5.11 Å². The van der Waals surface area contributed by atoms with Crippen LogP contribution in [-0.2, 0) is 0 Å². The molecule has 1 rings (SSSR count). The monoisotopic (exact) mass is 189 g/mol. The lowest BCUT2D eigenvalue weighted by molar-refractivity contribution is 0.230. The van der Waals surface area contributed by atoms with Crippen molar-refractivity contribution in [3.05, 3.63) is 0 Å². The Morgan fingerprint density at radius 3 is 3.08 bits per heavy atom. The number of hydrogen-bond donors (Lipinski definition) is 2. The Bertz CT molecular complexity index is 115. The molecule has 0 aromatic carbocycles. The van der Waals surface area contributed by atoms with Crippen LogP contribution in [0.2, 0.25) is 0 Å². The van der Waals surface area contributed by atoms with E-state index in [1.165, 1.54) is 24.3 Å². The molecule has 12 heavy (non-hydrogen) atoms. The second kappa shape index (κ2) is 5.84. The molecule has 1 fully saturated rings. The molecule has 0 aliphatic carbocycles. The molecule has 3 heteroatoms. The lowest BCUT2D eigenvalue weighted by Crippen LogP contribution is -2.37. The number of nitrogens with one attached hydrogen (secondary N) is 1. The minimum Gasteiger partial charge on any atom is -0.396 e. The van der Waals surface area contributed by atoms with Crippen molar-refractivity contribution >= 4 is 11.8 Å². The largest absolute Gasteiger partial charge is 0.396 e. The Morgan fingerprint density at radius 1 is 1.67 bits per heavy atom. The van der Waals surface area contributed by atoms with Gasteiger partial charge >= 0.3 is 0 Å². The molecule has 1 saturated heterocycles. The van der Waals surface area contributed by atoms with Crippen LogP contribution >= 0.6 is 11.8 Å². The van der Waals surface area contributed by atoms with Gasteiger partial charge in [0.1, 0.15) is 0 Å². The van der Waals surface area contributed by atoms with Crippen molar-refractivity contribution in [1.82, 2.24) is 5.32 Å². The van der Waals surface area contributed by atoms with E-state index in [1.54, 1.807) is 0 Å². The maximum absolute atomic E-state index is 8.82. The lowest BCUT2D eigenvalue weighted by Gasteiger charge is -2.23. The van der Waals surface area contributed by atoms with Crippen molar-refractivity contribution in [3.8, 4) is 0 Å². The van der Waals surface area contributed by atoms with Crippen LogP contribution in [0.5, 0.6) is 0 Å². The van der Waals surface area contributed by atoms with Gasteiger partial charge in [-0.25, -0.2) is 0 Å². The van der Waals surface area contributed by atoms with Crippen molar-refractivity contribution in [2.45, 2.75) is 25.8 Å². The molecule has 1 heterocycles. The summed E-state index contributed by atoms with van der Waals surface area (Å²) in [5.74, 6) is 2.98. The fourth-order valence-electron chi connectivity index (χ4n) is 1.33. The first kappa shape index (κ1) is 10.4. The Kier molecular flexibility index (Phi) is 5.04. The van der Waals surface area contributed by atoms with E-state index in [9.17, 15) is 0 Å². The summed E-state index contributed by atoms with van der Waals surface area (Å²) in [4.78, 5) is 0. The van der Waals surface area contributed by atoms with Gasteiger partial charge in [-0.1, -0.05) is 6.92 Å². The smallest absolute Gasteiger partial charge is 0.0468 e. The quantitative estimate of drug-likeness (QED) is 0.694. The molecule has 0 aromatic rings. The fraction of sp³-hybridized carbons (Fsp3) is 1.00. The van der Waals surface area contributed by atoms with Gasteiger partial charge in [-0.15, -0.1) is 0 Å². The van der Waals surface area contributed by atoms with Crippen molar-refractivity contribution in [2.24, 2.45) is 5.92 Å². The van der Waals surface area contributed by atoms with E-state index < -0.39 is 0 Å². The van der Waals surface area contributed by atoms with Gasteiger partial charge in [-0.3, -0.25) is 0 Å². The zero-order valence-corrected chi connectivity index (χ0v) is 8.57. The lowest BCUT2D eigenvalue weighted by atomic mass is 10.1. The first-order valence-electron chi connectivity index (χ1n) is 4.75. The van der Waals surface area contributed by atoms with E-state index in [2.05, 4.69) is 12.2 Å². The predicted octanol–water partition coefficient (Wildman–Crippen LogP) is 1.10. The molecular formula is C9H19NOS. The highest BCUT2D eigenvalue weighted by molar-refractivity contribution is 7.99. The van der Waals surface area contributed by atoms with Gasteiger partial charge in [0.15, 0.2) is 0 Å². The molecule has 72 valence electrons. The van der Waals surface area contributed by atoms with Gasteiger partial charge in [0, 0.05) is 24.9 Å². The van der Waals surface area contributed by atoms with Crippen molar-refractivity contribution in [3.63, 3.8) is 0 Å². The third-order valence-electron chi connectivity index (χ3n) is 2.23. The Hall–Kier alpha value is 0.270. The highest BCUT2D eigenvalue weighted by Crippen LogP contribution is 2.16. The second-order valence-electron chi connectivity index (χ2n) is 3.61. The van der Waals surface area contributed by atoms with Crippen LogP contribution in [0.4, 0.5) is 0 Å². The summed E-state index contributed by atoms with van der Waals surface area (Å²) in [7, 11) is 0. The summed E-state index contributed by atoms with van der Waals surface area (Å²) >= 11 is 2.04. The van der Waals surface area contributed by atoms with Gasteiger partial charge in [-0.05, 0) is 24.5 Å². The third-order valence-corrected chi connectivity index (χ3v) is 3.44. The van der Waals surface area contributed by atoms with Crippen LogP contribution in [0.25, 0.3) is 0 Å². The molecule has 2 nitrogen and oxygen atoms in total. The normalized spacial score (nSPS) is 27.0. The zero-order chi connectivity index (χ0) is 8.81. The van der Waals surface area contributed by atoms with E-state index in [0.29, 0.717) is 18.6 Å². The molecule has 0 radical (unpaired) electrons. The molecule has 1 aliphatic rings. The standard InChI is InChI=1S/C9H19NOS/c1-8(6-11)5-10-9-3-2-4-12-7-9/h8-11H,2-7H2,1H3. The van der Waals surface area contributed by atoms with E-state index in [0.717, 1.165) is 6.54 Å². The summed E-state index contributed by atoms with van der Waals surface area (Å²) in [6, 6.07) is 0.692. The van der Waals surface area contributed by atoms with Crippen LogP contribution in [-0.4, -0.2) is 35.8 Å². The highest BCUT2D eigenvalue weighted by atomic mass is 32.2. The zero-order valence-electron chi connectivity index (χ0n) is 7.75. The van der Waals surface area contributed by atoms with Gasteiger partial charge in [0.2, 0.25) is 0 Å². The number of rotatable bonds is 4. The highest BCUT2D eigenvalue weighted by Gasteiger charge is 2.13. The van der Waals surface area contributed by atoms with Gasteiger partial charge in [0.05, 0.1) is 0 Å². The number of aliphatic hydroxyl groups excluding tert-OH is 1. The van der Waals surface area contributed by atoms with Gasteiger partial charge in [0.25, 0.3) is 0 Å². The average Bonchev–Trinajstić information content (AvgIpc) is 2.16. The molecule has 2 N–H and O–H groups in total. The summed E-state index contributed by atoms with van der Waals surface area (Å²) in [5, 5.41) is 12.3. The first-order chi connectivity index (χ1) is 5.83. The first-order valence-corrected chi connectivity index (χ1v) is 5.90. The topological polar surface area (TPSA) is 32.3 Å². The third kappa shape index (κ3) is 3.78. The fourth-order valence-corrected chi connectivity index (χ4v) is 2.44. The minimum atomic E-state index is 0.298. The minimum absolute atomic E-state index is 0.298. The van der Waals surface area contributed by atoms with Gasteiger partial charge in [-0.2, -0.15) is 11.8 Å². The van der Waals surface area contributed by atoms with Gasteiger partial charge < -0.3 is 10.4 Å². The Morgan fingerprint density at radius 2 is 2.50 bits per heavy atom. The average molecular weight is 189 g/mol. The molecule has 0 aromatic heterocycles. The molecular weight excluding hydrogens is 170 g/mol. The number of hydrogen-bond acceptors (Lipinski definition) is 3. The van der Waals surface area contributed by atoms with E-state index in [4.69, 9.17) is 5.11 Å². The molecule has 0 saturated carbocycles. The summed E-state index contributed by atoms with van der Waals surface area (Å²) in [6.45, 7) is 3.33. The molecule has 0 bridgehead atoms. The molecule has 0 amide bonds. The maximum atomic E-state index is 8.82. The Labute approximate surface area is 79.1 Å². The van der Waals surface area contributed by atoms with E-state index in [1.807, 2.05) is 11.8 Å². The molecule has 0 spiro atoms. The van der Waals surface area contributed by atoms with Crippen LogP contribution in [0.15, 0.2) is 0 Å². The van der Waals surface area contributed by atoms with Crippen LogP contribution in [0, 0.1) is 5.92 Å². The summed E-state index contributed by atoms with van der Waals surface area (Å²) in [6.07, 6.45) is 2.65. The number of aliphatic hydroxyl groups is 1. The molecule has 2 unspecified atom stereocenters. The van der Waals surface area contributed by atoms with Crippen LogP contribution < -0.4 is 5.32 Å². The Balaban J connectivity index is 2.05. The number of thioether (sulfide) groups is 1. The van der Waals surface area contributed by atoms with Crippen LogP contribution in [0.1, 0.15) is 19.8 Å². The van der Waals surface area contributed by atoms with Crippen molar-refractivity contribution in [1.29, 1.82) is 0 Å². The molecule has 2 atom stereocenters. The van der Waals surface area contributed by atoms with E-state index in [-0.39, 0.29) is 0 Å². The predicted molar refractivity (Wildman–Crippen MR) is 54.6 cm³/mol. The van der Waals surface area contributed by atoms with E-state index >= 15 is 0 Å². The summed E-state index contributed by atoms with van der Waals surface area (Å²) in [5.41, 5.74) is 0. The second-order valence-corrected chi connectivity index (χ2v) is 4.76. The maximum Gasteiger partial charge on any atom is 0.0468 e. The summed E-state index contributed by atoms with van der Waals surface area (Å²) < 4.78 is 0. The van der Waals surface area contributed by atoms with Crippen LogP contribution in [0.3, 0.4) is 0 Å². The molecule has 1 aliphatic heterocycles.